The highest BCUT2D eigenvalue weighted by molar-refractivity contribution is 7.15. The minimum atomic E-state index is -1.69. The van der Waals surface area contributed by atoms with Crippen LogP contribution in [0.15, 0.2) is 30.3 Å². The van der Waals surface area contributed by atoms with Crippen molar-refractivity contribution in [1.29, 1.82) is 0 Å². The fraction of sp³-hybridized carbons (Fsp3) is 0.125. The molecule has 0 unspecified atom stereocenters. The van der Waals surface area contributed by atoms with E-state index in [-0.39, 0.29) is 6.54 Å². The first-order valence-electron chi connectivity index (χ1n) is 6.93. The first-order chi connectivity index (χ1) is 11.5. The summed E-state index contributed by atoms with van der Waals surface area (Å²) in [6.45, 7) is 1.73. The number of anilines is 1. The van der Waals surface area contributed by atoms with Gasteiger partial charge in [0.1, 0.15) is 10.7 Å². The third kappa shape index (κ3) is 3.09. The van der Waals surface area contributed by atoms with Gasteiger partial charge in [-0.15, -0.1) is 11.3 Å². The maximum Gasteiger partial charge on any atom is 0.253 e. The van der Waals surface area contributed by atoms with Crippen LogP contribution in [0, 0.1) is 30.5 Å². The van der Waals surface area contributed by atoms with Gasteiger partial charge in [0.05, 0.1) is 12.2 Å². The highest BCUT2D eigenvalue weighted by atomic mass is 32.1. The van der Waals surface area contributed by atoms with E-state index in [1.54, 1.807) is 6.92 Å². The average molecular weight is 353 g/mol. The predicted molar refractivity (Wildman–Crippen MR) is 83.7 cm³/mol. The second-order valence-corrected chi connectivity index (χ2v) is 6.03. The van der Waals surface area contributed by atoms with Crippen molar-refractivity contribution in [2.75, 3.05) is 5.32 Å². The molecule has 0 bridgehead atoms. The summed E-state index contributed by atoms with van der Waals surface area (Å²) in [5.74, 6) is -6.50. The molecule has 0 radical (unpaired) electrons. The lowest BCUT2D eigenvalue weighted by Gasteiger charge is -2.08. The number of aryl methyl sites for hydroxylation is 1. The van der Waals surface area contributed by atoms with E-state index in [1.165, 1.54) is 11.3 Å². The largest absolute Gasteiger partial charge is 0.375 e. The van der Waals surface area contributed by atoms with Crippen molar-refractivity contribution >= 4 is 17.0 Å². The Labute approximate surface area is 139 Å². The molecular formula is C16H11F4N3S. The summed E-state index contributed by atoms with van der Waals surface area (Å²) in [6.07, 6.45) is 0. The van der Waals surface area contributed by atoms with E-state index < -0.39 is 29.2 Å². The molecule has 124 valence electrons. The maximum atomic E-state index is 13.6. The Hall–Kier alpha value is -2.48. The molecule has 0 aliphatic carbocycles. The summed E-state index contributed by atoms with van der Waals surface area (Å²) < 4.78 is 53.4. The molecular weight excluding hydrogens is 342 g/mol. The van der Waals surface area contributed by atoms with E-state index in [0.717, 1.165) is 10.6 Å². The zero-order valence-electron chi connectivity index (χ0n) is 12.4. The predicted octanol–water partition coefficient (Wildman–Crippen LogP) is 4.68. The Bertz CT molecular complexity index is 855. The van der Waals surface area contributed by atoms with Crippen molar-refractivity contribution in [3.8, 4) is 10.6 Å². The molecule has 2 heterocycles. The molecule has 1 N–H and O–H groups in total. The molecule has 3 nitrogen and oxygen atoms in total. The van der Waals surface area contributed by atoms with Gasteiger partial charge in [0, 0.05) is 10.4 Å². The Morgan fingerprint density at radius 2 is 1.58 bits per heavy atom. The molecule has 8 heteroatoms. The van der Waals surface area contributed by atoms with E-state index in [0.29, 0.717) is 10.6 Å². The number of hydrogen-bond donors (Lipinski definition) is 1. The molecule has 0 fully saturated rings. The first-order valence-corrected chi connectivity index (χ1v) is 7.74. The first kappa shape index (κ1) is 16.4. The Morgan fingerprint density at radius 3 is 2.21 bits per heavy atom. The average Bonchev–Trinajstić information content (AvgIpc) is 2.95. The normalized spacial score (nSPS) is 10.9. The fourth-order valence-corrected chi connectivity index (χ4v) is 3.11. The lowest BCUT2D eigenvalue weighted by Crippen LogP contribution is -2.09. The number of nitrogens with zero attached hydrogens (tertiary/aromatic N) is 2. The van der Waals surface area contributed by atoms with Gasteiger partial charge in [-0.25, -0.2) is 4.98 Å². The van der Waals surface area contributed by atoms with Crippen molar-refractivity contribution in [3.63, 3.8) is 0 Å². The van der Waals surface area contributed by atoms with Crippen LogP contribution >= 0.6 is 11.3 Å². The van der Waals surface area contributed by atoms with Crippen LogP contribution in [-0.2, 0) is 6.54 Å². The summed E-state index contributed by atoms with van der Waals surface area (Å²) in [5.41, 5.74) is 0.700. The van der Waals surface area contributed by atoms with Gasteiger partial charge >= 0.3 is 0 Å². The Balaban J connectivity index is 1.85. The van der Waals surface area contributed by atoms with Crippen LogP contribution in [0.2, 0.25) is 0 Å². The van der Waals surface area contributed by atoms with Gasteiger partial charge in [-0.3, -0.25) is 0 Å². The van der Waals surface area contributed by atoms with Crippen molar-refractivity contribution < 1.29 is 17.6 Å². The lowest BCUT2D eigenvalue weighted by atomic mass is 10.2. The molecule has 0 spiro atoms. The van der Waals surface area contributed by atoms with E-state index in [9.17, 15) is 17.6 Å². The van der Waals surface area contributed by atoms with Crippen LogP contribution in [0.1, 0.15) is 10.6 Å². The highest BCUT2D eigenvalue weighted by Crippen LogP contribution is 2.29. The van der Waals surface area contributed by atoms with E-state index >= 15 is 0 Å². The third-order valence-corrected chi connectivity index (χ3v) is 4.54. The van der Waals surface area contributed by atoms with E-state index in [2.05, 4.69) is 15.3 Å². The van der Waals surface area contributed by atoms with Crippen molar-refractivity contribution in [1.82, 2.24) is 9.97 Å². The zero-order chi connectivity index (χ0) is 17.3. The lowest BCUT2D eigenvalue weighted by molar-refractivity contribution is 0.410. The Kier molecular flexibility index (Phi) is 4.48. The van der Waals surface area contributed by atoms with E-state index in [1.807, 2.05) is 30.3 Å². The number of hydrogen-bond acceptors (Lipinski definition) is 4. The van der Waals surface area contributed by atoms with Gasteiger partial charge in [0.2, 0.25) is 11.6 Å². The summed E-state index contributed by atoms with van der Waals surface area (Å²) >= 11 is 1.33. The van der Waals surface area contributed by atoms with Gasteiger partial charge in [-0.05, 0) is 6.92 Å². The summed E-state index contributed by atoms with van der Waals surface area (Å²) in [7, 11) is 0. The van der Waals surface area contributed by atoms with Crippen LogP contribution < -0.4 is 5.32 Å². The highest BCUT2D eigenvalue weighted by Gasteiger charge is 2.21. The Morgan fingerprint density at radius 1 is 0.958 bits per heavy atom. The molecule has 0 saturated heterocycles. The van der Waals surface area contributed by atoms with Gasteiger partial charge < -0.3 is 5.32 Å². The molecule has 0 atom stereocenters. The topological polar surface area (TPSA) is 37.8 Å². The SMILES string of the molecule is Cc1nc(-c2ccccc2)sc1CNc1c(F)c(F)nc(F)c1F. The molecule has 0 aliphatic rings. The number of rotatable bonds is 4. The molecule has 1 aromatic carbocycles. The van der Waals surface area contributed by atoms with Gasteiger partial charge in [-0.1, -0.05) is 30.3 Å². The quantitative estimate of drug-likeness (QED) is 0.547. The molecule has 3 aromatic rings. The fourth-order valence-electron chi connectivity index (χ4n) is 2.11. The van der Waals surface area contributed by atoms with Crippen molar-refractivity contribution in [2.45, 2.75) is 13.5 Å². The van der Waals surface area contributed by atoms with Gasteiger partial charge in [-0.2, -0.15) is 22.5 Å². The van der Waals surface area contributed by atoms with Crippen LogP contribution in [0.3, 0.4) is 0 Å². The van der Waals surface area contributed by atoms with Crippen molar-refractivity contribution in [3.05, 3.63) is 64.4 Å². The number of benzene rings is 1. The molecule has 24 heavy (non-hydrogen) atoms. The number of nitrogens with one attached hydrogen (secondary N) is 1. The third-order valence-electron chi connectivity index (χ3n) is 3.34. The molecule has 2 aromatic heterocycles. The molecule has 3 rings (SSSR count). The summed E-state index contributed by atoms with van der Waals surface area (Å²) in [4.78, 5) is 7.62. The standard InChI is InChI=1S/C16H11F4N3S/c1-8-10(24-16(22-8)9-5-3-2-4-6-9)7-21-13-11(17)14(19)23-15(20)12(13)18/h2-6H,7H2,1H3,(H,21,23). The minimum absolute atomic E-state index is 0.0208. The minimum Gasteiger partial charge on any atom is -0.375 e. The van der Waals surface area contributed by atoms with Crippen LogP contribution in [0.4, 0.5) is 23.2 Å². The second-order valence-electron chi connectivity index (χ2n) is 4.94. The summed E-state index contributed by atoms with van der Waals surface area (Å²) in [6, 6.07) is 9.41. The van der Waals surface area contributed by atoms with Gasteiger partial charge in [0.25, 0.3) is 11.9 Å². The number of halogens is 4. The van der Waals surface area contributed by atoms with Gasteiger partial charge in [0.15, 0.2) is 0 Å². The monoisotopic (exact) mass is 353 g/mol. The van der Waals surface area contributed by atoms with Crippen LogP contribution in [-0.4, -0.2) is 9.97 Å². The van der Waals surface area contributed by atoms with Crippen LogP contribution in [0.5, 0.6) is 0 Å². The zero-order valence-corrected chi connectivity index (χ0v) is 13.2. The second kappa shape index (κ2) is 6.56. The molecule has 0 saturated carbocycles. The smallest absolute Gasteiger partial charge is 0.253 e. The molecule has 0 amide bonds. The van der Waals surface area contributed by atoms with E-state index in [4.69, 9.17) is 0 Å². The number of pyridine rings is 1. The number of aromatic nitrogens is 2. The maximum absolute atomic E-state index is 13.6. The van der Waals surface area contributed by atoms with Crippen LogP contribution in [0.25, 0.3) is 10.6 Å². The summed E-state index contributed by atoms with van der Waals surface area (Å²) in [5, 5.41) is 3.13. The number of thiazole rings is 1. The van der Waals surface area contributed by atoms with Crippen molar-refractivity contribution in [2.24, 2.45) is 0 Å². The molecule has 0 aliphatic heterocycles.